The molecule has 82 valence electrons. The number of nitrogens with two attached hydrogens (primary N) is 2. The van der Waals surface area contributed by atoms with Crippen molar-refractivity contribution >= 4 is 41.6 Å². The van der Waals surface area contributed by atoms with Crippen LogP contribution in [0.25, 0.3) is 0 Å². The van der Waals surface area contributed by atoms with Gasteiger partial charge in [-0.05, 0) is 30.3 Å². The van der Waals surface area contributed by atoms with Gasteiger partial charge in [-0.25, -0.2) is 0 Å². The predicted octanol–water partition coefficient (Wildman–Crippen LogP) is 2.62. The van der Waals surface area contributed by atoms with Crippen molar-refractivity contribution in [2.24, 2.45) is 10.2 Å². The Labute approximate surface area is 112 Å². The molecule has 0 amide bonds. The molecule has 2 rings (SSSR count). The van der Waals surface area contributed by atoms with Crippen LogP contribution >= 0.6 is 0 Å². The van der Waals surface area contributed by atoms with Gasteiger partial charge in [-0.1, -0.05) is 18.2 Å². The topological polar surface area (TPSA) is 76.8 Å². The van der Waals surface area contributed by atoms with Crippen LogP contribution < -0.4 is 11.5 Å². The first kappa shape index (κ1) is 13.3. The summed E-state index contributed by atoms with van der Waals surface area (Å²) >= 11 is 0. The first-order valence-corrected chi connectivity index (χ1v) is 4.87. The van der Waals surface area contributed by atoms with Crippen molar-refractivity contribution in [3.63, 3.8) is 0 Å². The summed E-state index contributed by atoms with van der Waals surface area (Å²) < 4.78 is 0. The van der Waals surface area contributed by atoms with Crippen LogP contribution in [0.3, 0.4) is 0 Å². The monoisotopic (exact) mass is 220 g/mol. The van der Waals surface area contributed by atoms with Crippen molar-refractivity contribution < 1.29 is 0 Å². The van der Waals surface area contributed by atoms with Crippen LogP contribution in [0.2, 0.25) is 0 Å². The van der Waals surface area contributed by atoms with E-state index >= 15 is 0 Å². The summed E-state index contributed by atoms with van der Waals surface area (Å²) in [6.07, 6.45) is 0. The summed E-state index contributed by atoms with van der Waals surface area (Å²) in [7, 11) is 0. The Hall–Kier alpha value is -1.76. The molecule has 0 aliphatic carbocycles. The molecule has 4 N–H and O–H groups in total. The van der Waals surface area contributed by atoms with Gasteiger partial charge in [0.15, 0.2) is 0 Å². The van der Waals surface area contributed by atoms with E-state index in [4.69, 9.17) is 11.5 Å². The molecule has 0 unspecified atom stereocenters. The van der Waals surface area contributed by atoms with Crippen molar-refractivity contribution in [2.45, 2.75) is 0 Å². The van der Waals surface area contributed by atoms with E-state index in [0.29, 0.717) is 17.1 Å². The number of nitrogen functional groups attached to an aromatic ring is 2. The SMILES string of the molecule is Nc1ccc(/N=N/c2ccccc2)c(N)c1.[LiH]. The number of hydrogen-bond donors (Lipinski definition) is 2. The second kappa shape index (κ2) is 6.09. The normalized spacial score (nSPS) is 10.1. The van der Waals surface area contributed by atoms with E-state index in [1.54, 1.807) is 18.2 Å². The molecule has 5 heteroatoms. The number of anilines is 2. The van der Waals surface area contributed by atoms with Crippen LogP contribution in [-0.4, -0.2) is 18.9 Å². The number of rotatable bonds is 2. The quantitative estimate of drug-likeness (QED) is 0.463. The Morgan fingerprint density at radius 1 is 0.824 bits per heavy atom. The first-order chi connectivity index (χ1) is 7.75. The third-order valence-corrected chi connectivity index (χ3v) is 2.08. The molecule has 0 bridgehead atoms. The first-order valence-electron chi connectivity index (χ1n) is 4.87. The van der Waals surface area contributed by atoms with Gasteiger partial charge in [0.05, 0.1) is 11.4 Å². The summed E-state index contributed by atoms with van der Waals surface area (Å²) in [6.45, 7) is 0. The summed E-state index contributed by atoms with van der Waals surface area (Å²) in [4.78, 5) is 0. The summed E-state index contributed by atoms with van der Waals surface area (Å²) in [5, 5.41) is 8.13. The second-order valence-corrected chi connectivity index (χ2v) is 3.35. The molecular formula is C12H13LiN4. The minimum atomic E-state index is 0. The summed E-state index contributed by atoms with van der Waals surface area (Å²) in [6, 6.07) is 14.6. The van der Waals surface area contributed by atoms with Gasteiger partial charge in [-0.2, -0.15) is 5.11 Å². The van der Waals surface area contributed by atoms with Crippen LogP contribution in [-0.2, 0) is 0 Å². The molecule has 2 aromatic rings. The zero-order chi connectivity index (χ0) is 11.4. The van der Waals surface area contributed by atoms with Gasteiger partial charge in [0.25, 0.3) is 0 Å². The van der Waals surface area contributed by atoms with Gasteiger partial charge in [0.2, 0.25) is 0 Å². The van der Waals surface area contributed by atoms with Crippen LogP contribution in [0.15, 0.2) is 58.8 Å². The van der Waals surface area contributed by atoms with Gasteiger partial charge in [-0.3, -0.25) is 0 Å². The fraction of sp³-hybridized carbons (Fsp3) is 0. The van der Waals surface area contributed by atoms with E-state index < -0.39 is 0 Å². The Kier molecular flexibility index (Phi) is 4.77. The van der Waals surface area contributed by atoms with E-state index in [1.165, 1.54) is 0 Å². The molecule has 0 atom stereocenters. The van der Waals surface area contributed by atoms with E-state index in [1.807, 2.05) is 30.3 Å². The van der Waals surface area contributed by atoms with Gasteiger partial charge in [0, 0.05) is 5.69 Å². The van der Waals surface area contributed by atoms with Gasteiger partial charge < -0.3 is 11.5 Å². The molecule has 0 aliphatic heterocycles. The summed E-state index contributed by atoms with van der Waals surface area (Å²) in [5.41, 5.74) is 13.9. The molecule has 0 aliphatic rings. The molecule has 0 spiro atoms. The molecule has 0 radical (unpaired) electrons. The van der Waals surface area contributed by atoms with Crippen molar-refractivity contribution in [1.82, 2.24) is 0 Å². The molecule has 0 fully saturated rings. The maximum absolute atomic E-state index is 5.75. The number of azo groups is 1. The fourth-order valence-corrected chi connectivity index (χ4v) is 1.27. The van der Waals surface area contributed by atoms with Gasteiger partial charge in [0.1, 0.15) is 5.69 Å². The van der Waals surface area contributed by atoms with E-state index in [2.05, 4.69) is 10.2 Å². The number of nitrogens with zero attached hydrogens (tertiary/aromatic N) is 2. The fourth-order valence-electron chi connectivity index (χ4n) is 1.27. The minimum absolute atomic E-state index is 0. The Morgan fingerprint density at radius 3 is 2.18 bits per heavy atom. The molecule has 0 aromatic heterocycles. The third kappa shape index (κ3) is 3.63. The third-order valence-electron chi connectivity index (χ3n) is 2.08. The zero-order valence-corrected chi connectivity index (χ0v) is 8.67. The van der Waals surface area contributed by atoms with Crippen molar-refractivity contribution in [3.05, 3.63) is 48.5 Å². The molecule has 0 saturated heterocycles. The number of benzene rings is 2. The second-order valence-electron chi connectivity index (χ2n) is 3.35. The van der Waals surface area contributed by atoms with Crippen molar-refractivity contribution in [2.75, 3.05) is 11.5 Å². The average Bonchev–Trinajstić information content (AvgIpc) is 2.29. The molecule has 2 aromatic carbocycles. The predicted molar refractivity (Wildman–Crippen MR) is 73.0 cm³/mol. The zero-order valence-electron chi connectivity index (χ0n) is 8.67. The molecule has 0 heterocycles. The molecule has 0 saturated carbocycles. The van der Waals surface area contributed by atoms with Crippen LogP contribution in [0.1, 0.15) is 0 Å². The Morgan fingerprint density at radius 2 is 1.53 bits per heavy atom. The van der Waals surface area contributed by atoms with E-state index in [-0.39, 0.29) is 18.9 Å². The standard InChI is InChI=1S/C12H12N4.Li.H/c13-9-6-7-12(11(14)8-9)16-15-10-4-2-1-3-5-10;;/h1-8H,13-14H2;;/b16-15+;;. The summed E-state index contributed by atoms with van der Waals surface area (Å²) in [5.74, 6) is 0. The van der Waals surface area contributed by atoms with Gasteiger partial charge >= 0.3 is 18.9 Å². The van der Waals surface area contributed by atoms with Crippen molar-refractivity contribution in [1.29, 1.82) is 0 Å². The maximum atomic E-state index is 5.75. The van der Waals surface area contributed by atoms with Crippen molar-refractivity contribution in [3.8, 4) is 0 Å². The van der Waals surface area contributed by atoms with Crippen LogP contribution in [0, 0.1) is 0 Å². The van der Waals surface area contributed by atoms with Crippen LogP contribution in [0.5, 0.6) is 0 Å². The molecule has 4 nitrogen and oxygen atoms in total. The average molecular weight is 220 g/mol. The van der Waals surface area contributed by atoms with Gasteiger partial charge in [-0.15, -0.1) is 5.11 Å². The molecular weight excluding hydrogens is 207 g/mol. The molecule has 17 heavy (non-hydrogen) atoms. The number of hydrogen-bond acceptors (Lipinski definition) is 4. The Balaban J connectivity index is 0.00000144. The Bertz CT molecular complexity index is 511. The van der Waals surface area contributed by atoms with E-state index in [0.717, 1.165) is 5.69 Å². The van der Waals surface area contributed by atoms with E-state index in [9.17, 15) is 0 Å². The van der Waals surface area contributed by atoms with Crippen LogP contribution in [0.4, 0.5) is 22.7 Å².